The molecule has 2 aromatic carbocycles. The van der Waals surface area contributed by atoms with Crippen molar-refractivity contribution in [3.63, 3.8) is 0 Å². The summed E-state index contributed by atoms with van der Waals surface area (Å²) in [7, 11) is -0.334. The number of aryl methyl sites for hydroxylation is 2. The van der Waals surface area contributed by atoms with Crippen LogP contribution in [0.5, 0.6) is 0 Å². The molecule has 0 fully saturated rings. The summed E-state index contributed by atoms with van der Waals surface area (Å²) in [5, 5.41) is 2.25. The van der Waals surface area contributed by atoms with Crippen LogP contribution in [-0.4, -0.2) is 52.3 Å². The van der Waals surface area contributed by atoms with E-state index in [0.717, 1.165) is 17.0 Å². The Labute approximate surface area is 198 Å². The van der Waals surface area contributed by atoms with Gasteiger partial charge in [-0.2, -0.15) is 0 Å². The van der Waals surface area contributed by atoms with Crippen molar-refractivity contribution in [2.45, 2.75) is 50.0 Å². The lowest BCUT2D eigenvalue weighted by atomic mass is 10.0. The summed E-state index contributed by atoms with van der Waals surface area (Å²) in [6.07, 6.45) is 1.55. The monoisotopic (exact) mass is 470 g/mol. The zero-order chi connectivity index (χ0) is 21.2. The first-order valence-electron chi connectivity index (χ1n) is 8.98. The molecule has 0 aliphatic rings. The quantitative estimate of drug-likeness (QED) is 0.590. The van der Waals surface area contributed by atoms with Crippen LogP contribution in [0.1, 0.15) is 52.0 Å². The Bertz CT molecular complexity index is 790. The average Bonchev–Trinajstić information content (AvgIpc) is 2.65. The lowest BCUT2D eigenvalue weighted by molar-refractivity contribution is 0.144. The SMILES string of the molecule is C.C.C.C.CNC(=O)OCCN(C)S(C)(=O)=O.Cc1ccc(Cc2ccc(C)cc2)cc1. The number of carbonyl (C=O) groups is 1. The first-order valence-corrected chi connectivity index (χ1v) is 10.8. The molecule has 0 atom stereocenters. The molecule has 2 aromatic rings. The van der Waals surface area contributed by atoms with Gasteiger partial charge in [0.25, 0.3) is 0 Å². The number of hydrogen-bond acceptors (Lipinski definition) is 4. The Morgan fingerprint density at radius 2 is 1.25 bits per heavy atom. The van der Waals surface area contributed by atoms with E-state index in [2.05, 4.69) is 72.4 Å². The maximum absolute atomic E-state index is 10.8. The molecule has 0 heterocycles. The third kappa shape index (κ3) is 15.4. The van der Waals surface area contributed by atoms with Crippen molar-refractivity contribution in [1.82, 2.24) is 9.62 Å². The van der Waals surface area contributed by atoms with Crippen molar-refractivity contribution in [3.05, 3.63) is 70.8 Å². The molecule has 32 heavy (non-hydrogen) atoms. The molecule has 1 N–H and O–H groups in total. The van der Waals surface area contributed by atoms with Crippen molar-refractivity contribution in [1.29, 1.82) is 0 Å². The standard InChI is InChI=1S/C15H16.C6H14N2O4S.4CH4/c1-12-3-7-14(8-4-12)11-15-9-5-13(2)6-10-15;1-7-6(9)12-5-4-8(2)13(3,10)11;;;;/h3-10H,11H2,1-2H3;4-5H2,1-3H3,(H,7,9);4*1H4. The van der Waals surface area contributed by atoms with Gasteiger partial charge in [-0.15, -0.1) is 0 Å². The van der Waals surface area contributed by atoms with Crippen molar-refractivity contribution in [2.75, 3.05) is 33.5 Å². The van der Waals surface area contributed by atoms with E-state index in [1.807, 2.05) is 0 Å². The number of nitrogens with one attached hydrogen (secondary N) is 1. The highest BCUT2D eigenvalue weighted by Gasteiger charge is 2.10. The molecule has 0 unspecified atom stereocenters. The largest absolute Gasteiger partial charge is 0.448 e. The van der Waals surface area contributed by atoms with Crippen LogP contribution >= 0.6 is 0 Å². The number of nitrogens with zero attached hydrogens (tertiary/aromatic N) is 1. The van der Waals surface area contributed by atoms with Crippen LogP contribution in [0.15, 0.2) is 48.5 Å². The summed E-state index contributed by atoms with van der Waals surface area (Å²) in [6, 6.07) is 17.5. The number of carbonyl (C=O) groups excluding carboxylic acids is 1. The molecular formula is C25H46N2O4S. The van der Waals surface area contributed by atoms with E-state index in [0.29, 0.717) is 0 Å². The highest BCUT2D eigenvalue weighted by molar-refractivity contribution is 7.88. The van der Waals surface area contributed by atoms with E-state index in [4.69, 9.17) is 0 Å². The van der Waals surface area contributed by atoms with E-state index in [-0.39, 0.29) is 42.9 Å². The first kappa shape index (κ1) is 37.0. The minimum absolute atomic E-state index is 0. The van der Waals surface area contributed by atoms with E-state index in [1.54, 1.807) is 0 Å². The number of benzene rings is 2. The zero-order valence-corrected chi connectivity index (χ0v) is 18.0. The van der Waals surface area contributed by atoms with Crippen LogP contribution in [0.2, 0.25) is 0 Å². The second-order valence-corrected chi connectivity index (χ2v) is 8.71. The van der Waals surface area contributed by atoms with E-state index < -0.39 is 16.1 Å². The van der Waals surface area contributed by atoms with Crippen LogP contribution in [0, 0.1) is 13.8 Å². The van der Waals surface area contributed by atoms with Gasteiger partial charge in [0.1, 0.15) is 6.61 Å². The fourth-order valence-electron chi connectivity index (χ4n) is 2.15. The summed E-state index contributed by atoms with van der Waals surface area (Å²) in [6.45, 7) is 4.45. The maximum atomic E-state index is 10.8. The fraction of sp³-hybridized carbons (Fsp3) is 0.480. The van der Waals surface area contributed by atoms with Crippen molar-refractivity contribution in [2.24, 2.45) is 0 Å². The summed E-state index contributed by atoms with van der Waals surface area (Å²) in [5.74, 6) is 0. The maximum Gasteiger partial charge on any atom is 0.406 e. The van der Waals surface area contributed by atoms with Crippen molar-refractivity contribution in [3.8, 4) is 0 Å². The van der Waals surface area contributed by atoms with Gasteiger partial charge in [0, 0.05) is 20.6 Å². The highest BCUT2D eigenvalue weighted by Crippen LogP contribution is 2.11. The van der Waals surface area contributed by atoms with Crippen LogP contribution in [0.4, 0.5) is 4.79 Å². The van der Waals surface area contributed by atoms with Crippen LogP contribution in [0.25, 0.3) is 0 Å². The number of hydrogen-bond donors (Lipinski definition) is 1. The molecule has 0 aromatic heterocycles. The summed E-state index contributed by atoms with van der Waals surface area (Å²) in [4.78, 5) is 10.5. The number of sulfonamides is 1. The Morgan fingerprint density at radius 1 is 0.875 bits per heavy atom. The lowest BCUT2D eigenvalue weighted by Gasteiger charge is -2.13. The second-order valence-electron chi connectivity index (χ2n) is 6.62. The van der Waals surface area contributed by atoms with Gasteiger partial charge in [0.15, 0.2) is 0 Å². The molecular weight excluding hydrogens is 424 g/mol. The molecule has 0 radical (unpaired) electrons. The Hall–Kier alpha value is -2.38. The molecule has 2 rings (SSSR count). The minimum Gasteiger partial charge on any atom is -0.448 e. The third-order valence-corrected chi connectivity index (χ3v) is 5.37. The second kappa shape index (κ2) is 18.2. The smallest absolute Gasteiger partial charge is 0.406 e. The zero-order valence-electron chi connectivity index (χ0n) is 17.2. The van der Waals surface area contributed by atoms with Gasteiger partial charge < -0.3 is 10.1 Å². The molecule has 0 bridgehead atoms. The van der Waals surface area contributed by atoms with Crippen molar-refractivity contribution < 1.29 is 17.9 Å². The Kier molecular flexibility index (Phi) is 21.0. The van der Waals surface area contributed by atoms with E-state index in [9.17, 15) is 13.2 Å². The van der Waals surface area contributed by atoms with E-state index in [1.165, 1.54) is 36.3 Å². The molecule has 1 amide bonds. The molecule has 0 saturated carbocycles. The number of ether oxygens (including phenoxy) is 1. The Morgan fingerprint density at radius 3 is 1.56 bits per heavy atom. The number of alkyl carbamates (subject to hydrolysis) is 1. The topological polar surface area (TPSA) is 75.7 Å². The highest BCUT2D eigenvalue weighted by atomic mass is 32.2. The Balaban J connectivity index is -0.000000220. The first-order chi connectivity index (χ1) is 13.1. The van der Waals surface area contributed by atoms with Gasteiger partial charge in [0.2, 0.25) is 10.0 Å². The summed E-state index contributed by atoms with van der Waals surface area (Å²) < 4.78 is 27.4. The average molecular weight is 471 g/mol. The van der Waals surface area contributed by atoms with Gasteiger partial charge in [-0.3, -0.25) is 0 Å². The van der Waals surface area contributed by atoms with Gasteiger partial charge in [-0.05, 0) is 31.4 Å². The van der Waals surface area contributed by atoms with Gasteiger partial charge >= 0.3 is 6.09 Å². The van der Waals surface area contributed by atoms with Crippen molar-refractivity contribution >= 4 is 16.1 Å². The fourth-order valence-corrected chi connectivity index (χ4v) is 2.56. The molecule has 0 saturated heterocycles. The normalized spacial score (nSPS) is 9.44. The van der Waals surface area contributed by atoms with Gasteiger partial charge in [-0.25, -0.2) is 17.5 Å². The predicted molar refractivity (Wildman–Crippen MR) is 140 cm³/mol. The van der Waals surface area contributed by atoms with Crippen LogP contribution < -0.4 is 5.32 Å². The molecule has 7 heteroatoms. The molecule has 0 aliphatic carbocycles. The molecule has 0 aliphatic heterocycles. The number of likely N-dealkylation sites (N-methyl/N-ethyl adjacent to an activating group) is 1. The molecule has 6 nitrogen and oxygen atoms in total. The minimum atomic E-state index is -3.19. The third-order valence-electron chi connectivity index (χ3n) is 4.06. The number of amides is 1. The summed E-state index contributed by atoms with van der Waals surface area (Å²) in [5.41, 5.74) is 5.40. The predicted octanol–water partition coefficient (Wildman–Crippen LogP) is 5.67. The molecule has 0 spiro atoms. The summed E-state index contributed by atoms with van der Waals surface area (Å²) >= 11 is 0. The molecule has 186 valence electrons. The van der Waals surface area contributed by atoms with Gasteiger partial charge in [-0.1, -0.05) is 89.4 Å². The number of rotatable bonds is 6. The van der Waals surface area contributed by atoms with Crippen LogP contribution in [-0.2, 0) is 21.2 Å². The van der Waals surface area contributed by atoms with E-state index >= 15 is 0 Å². The van der Waals surface area contributed by atoms with Crippen LogP contribution in [0.3, 0.4) is 0 Å². The van der Waals surface area contributed by atoms with Gasteiger partial charge in [0.05, 0.1) is 6.26 Å². The lowest BCUT2D eigenvalue weighted by Crippen LogP contribution is -2.31.